The van der Waals surface area contributed by atoms with E-state index in [0.29, 0.717) is 18.6 Å². The smallest absolute Gasteiger partial charge is 0.224 e. The number of rotatable bonds is 12. The fraction of sp³-hybridized carbons (Fsp3) is 0.562. The Morgan fingerprint density at radius 3 is 2.72 bits per heavy atom. The highest BCUT2D eigenvalue weighted by Gasteiger charge is 2.57. The van der Waals surface area contributed by atoms with Gasteiger partial charge in [0, 0.05) is 35.4 Å². The number of nitrogens with one attached hydrogen (secondary N) is 3. The van der Waals surface area contributed by atoms with Gasteiger partial charge in [-0.1, -0.05) is 32.8 Å². The van der Waals surface area contributed by atoms with Crippen molar-refractivity contribution in [2.75, 3.05) is 13.1 Å². The maximum atomic E-state index is 13.4. The Morgan fingerprint density at radius 2 is 1.95 bits per heavy atom. The van der Waals surface area contributed by atoms with Gasteiger partial charge in [0.25, 0.3) is 0 Å². The molecular formula is C32H43N5O2. The summed E-state index contributed by atoms with van der Waals surface area (Å²) in [5.41, 5.74) is 5.55. The van der Waals surface area contributed by atoms with Crippen LogP contribution in [0.4, 0.5) is 0 Å². The minimum atomic E-state index is -0.164. The van der Waals surface area contributed by atoms with Crippen LogP contribution in [0, 0.1) is 18.3 Å². The number of H-pyrrole nitrogens is 1. The maximum Gasteiger partial charge on any atom is 0.224 e. The first-order valence-corrected chi connectivity index (χ1v) is 14.9. The molecule has 2 fully saturated rings. The zero-order valence-corrected chi connectivity index (χ0v) is 23.7. The van der Waals surface area contributed by atoms with Gasteiger partial charge in [-0.05, 0) is 87.7 Å². The molecule has 1 aliphatic heterocycles. The summed E-state index contributed by atoms with van der Waals surface area (Å²) in [4.78, 5) is 38.2. The Bertz CT molecular complexity index is 1320. The van der Waals surface area contributed by atoms with Crippen LogP contribution in [0.5, 0.6) is 0 Å². The Labute approximate surface area is 232 Å². The topological polar surface area (TPSA) is 99.8 Å². The second-order valence-electron chi connectivity index (χ2n) is 11.6. The molecule has 2 atom stereocenters. The van der Waals surface area contributed by atoms with Gasteiger partial charge in [0.1, 0.15) is 11.6 Å². The molecule has 7 nitrogen and oxygen atoms in total. The van der Waals surface area contributed by atoms with Crippen molar-refractivity contribution >= 4 is 22.6 Å². The standard InChI is InChI=1S/C32H43N5O2/c1-4-22-18-28-23(12-11-21(3)35-28)17-25(22)29-20-34-30(36-29)27(10-8-6-7-9-24(38)5-2)37-31(39)26-19-32(26)13-15-33-16-14-32/h11-12,17-18,20,26-27,33H,4-10,13-16,19H2,1-3H3,(H,34,36)(H,37,39)/t26-,27+/m1/s1. The van der Waals surface area contributed by atoms with E-state index in [1.165, 1.54) is 5.56 Å². The van der Waals surface area contributed by atoms with E-state index in [9.17, 15) is 9.59 Å². The van der Waals surface area contributed by atoms with Gasteiger partial charge in [-0.3, -0.25) is 14.6 Å². The summed E-state index contributed by atoms with van der Waals surface area (Å²) in [6, 6.07) is 8.38. The van der Waals surface area contributed by atoms with E-state index < -0.39 is 0 Å². The third kappa shape index (κ3) is 6.24. The maximum absolute atomic E-state index is 13.4. The molecular weight excluding hydrogens is 486 g/mol. The molecule has 3 N–H and O–H groups in total. The highest BCUT2D eigenvalue weighted by atomic mass is 16.2. The molecule has 208 valence electrons. The number of Topliss-reactive ketones (excluding diaryl/α,β-unsaturated/α-hetero) is 1. The zero-order chi connectivity index (χ0) is 27.4. The number of nitrogens with zero attached hydrogens (tertiary/aromatic N) is 2. The van der Waals surface area contributed by atoms with Crippen LogP contribution in [0.1, 0.15) is 94.8 Å². The number of aromatic amines is 1. The molecule has 7 heteroatoms. The largest absolute Gasteiger partial charge is 0.346 e. The van der Waals surface area contributed by atoms with Crippen LogP contribution in [0.2, 0.25) is 0 Å². The minimum absolute atomic E-state index is 0.113. The van der Waals surface area contributed by atoms with E-state index in [0.717, 1.165) is 98.1 Å². The number of fused-ring (bicyclic) bond motifs is 1. The van der Waals surface area contributed by atoms with Crippen LogP contribution >= 0.6 is 0 Å². The first-order chi connectivity index (χ1) is 18.9. The molecule has 0 radical (unpaired) electrons. The van der Waals surface area contributed by atoms with Crippen molar-refractivity contribution < 1.29 is 9.59 Å². The highest BCUT2D eigenvalue weighted by molar-refractivity contribution is 5.86. The summed E-state index contributed by atoms with van der Waals surface area (Å²) in [5, 5.41) is 7.91. The monoisotopic (exact) mass is 529 g/mol. The average molecular weight is 530 g/mol. The van der Waals surface area contributed by atoms with E-state index in [-0.39, 0.29) is 23.3 Å². The number of aryl methyl sites for hydroxylation is 2. The number of carbonyl (C=O) groups excluding carboxylic acids is 2. The molecule has 1 amide bonds. The quantitative estimate of drug-likeness (QED) is 0.251. The normalized spacial score (nSPS) is 18.8. The second kappa shape index (κ2) is 12.0. The molecule has 3 heterocycles. The third-order valence-electron chi connectivity index (χ3n) is 8.91. The van der Waals surface area contributed by atoms with Crippen molar-refractivity contribution in [2.24, 2.45) is 11.3 Å². The van der Waals surface area contributed by atoms with E-state index in [2.05, 4.69) is 40.7 Å². The Kier molecular flexibility index (Phi) is 8.46. The van der Waals surface area contributed by atoms with Crippen LogP contribution in [0.25, 0.3) is 22.2 Å². The van der Waals surface area contributed by atoms with Crippen LogP contribution < -0.4 is 10.6 Å². The molecule has 1 saturated carbocycles. The fourth-order valence-corrected chi connectivity index (χ4v) is 6.28. The van der Waals surface area contributed by atoms with Gasteiger partial charge < -0.3 is 15.6 Å². The SMILES string of the molecule is CCC(=O)CCCCC[C@H](NC(=O)[C@H]1CC12CCNCC2)c1ncc(-c2cc3ccc(C)nc3cc2CC)[nH]1. The lowest BCUT2D eigenvalue weighted by molar-refractivity contribution is -0.124. The molecule has 1 aromatic carbocycles. The molecule has 2 aromatic heterocycles. The van der Waals surface area contributed by atoms with Gasteiger partial charge >= 0.3 is 0 Å². The number of pyridine rings is 1. The molecule has 5 rings (SSSR count). The van der Waals surface area contributed by atoms with Crippen LogP contribution in [0.15, 0.2) is 30.5 Å². The van der Waals surface area contributed by atoms with E-state index in [1.54, 1.807) is 0 Å². The van der Waals surface area contributed by atoms with Gasteiger partial charge in [0.2, 0.25) is 5.91 Å². The van der Waals surface area contributed by atoms with Gasteiger partial charge in [-0.2, -0.15) is 0 Å². The number of hydrogen-bond donors (Lipinski definition) is 3. The van der Waals surface area contributed by atoms with Crippen molar-refractivity contribution in [3.63, 3.8) is 0 Å². The first kappa shape index (κ1) is 27.5. The number of benzene rings is 1. The number of hydrogen-bond acceptors (Lipinski definition) is 5. The molecule has 3 aromatic rings. The van der Waals surface area contributed by atoms with E-state index in [1.807, 2.05) is 26.1 Å². The van der Waals surface area contributed by atoms with Crippen LogP contribution in [0.3, 0.4) is 0 Å². The summed E-state index contributed by atoms with van der Waals surface area (Å²) in [5.74, 6) is 1.42. The minimum Gasteiger partial charge on any atom is -0.346 e. The third-order valence-corrected chi connectivity index (χ3v) is 8.91. The molecule has 1 saturated heterocycles. The molecule has 2 aliphatic rings. The fourth-order valence-electron chi connectivity index (χ4n) is 6.28. The summed E-state index contributed by atoms with van der Waals surface area (Å²) in [6.07, 6.45) is 10.9. The molecule has 39 heavy (non-hydrogen) atoms. The number of carbonyl (C=O) groups is 2. The van der Waals surface area contributed by atoms with Crippen molar-refractivity contribution in [3.8, 4) is 11.3 Å². The number of piperidine rings is 1. The highest BCUT2D eigenvalue weighted by Crippen LogP contribution is 2.58. The van der Waals surface area contributed by atoms with Gasteiger partial charge in [-0.25, -0.2) is 4.98 Å². The Hall–Kier alpha value is -3.06. The molecule has 0 bridgehead atoms. The zero-order valence-electron chi connectivity index (χ0n) is 23.7. The lowest BCUT2D eigenvalue weighted by atomic mass is 9.91. The molecule has 1 aliphatic carbocycles. The first-order valence-electron chi connectivity index (χ1n) is 14.9. The average Bonchev–Trinajstić information content (AvgIpc) is 3.40. The molecule has 1 spiro atoms. The summed E-state index contributed by atoms with van der Waals surface area (Å²) in [7, 11) is 0. The predicted octanol–water partition coefficient (Wildman–Crippen LogP) is 5.97. The Balaban J connectivity index is 1.34. The number of imidazole rings is 1. The molecule has 0 unspecified atom stereocenters. The number of ketones is 1. The number of amides is 1. The van der Waals surface area contributed by atoms with Crippen molar-refractivity contribution in [2.45, 2.75) is 91.0 Å². The van der Waals surface area contributed by atoms with Gasteiger partial charge in [0.15, 0.2) is 0 Å². The van der Waals surface area contributed by atoms with Crippen molar-refractivity contribution in [1.82, 2.24) is 25.6 Å². The lowest BCUT2D eigenvalue weighted by Gasteiger charge is -2.24. The van der Waals surface area contributed by atoms with Crippen molar-refractivity contribution in [3.05, 3.63) is 47.5 Å². The Morgan fingerprint density at radius 1 is 1.13 bits per heavy atom. The van der Waals surface area contributed by atoms with Gasteiger partial charge in [-0.15, -0.1) is 0 Å². The lowest BCUT2D eigenvalue weighted by Crippen LogP contribution is -2.35. The van der Waals surface area contributed by atoms with Crippen molar-refractivity contribution in [1.29, 1.82) is 0 Å². The number of aromatic nitrogens is 3. The summed E-state index contributed by atoms with van der Waals surface area (Å²) in [6.45, 7) is 8.12. The predicted molar refractivity (Wildman–Crippen MR) is 155 cm³/mol. The van der Waals surface area contributed by atoms with E-state index in [4.69, 9.17) is 9.97 Å². The number of unbranched alkanes of at least 4 members (excludes halogenated alkanes) is 2. The van der Waals surface area contributed by atoms with Crippen LogP contribution in [-0.4, -0.2) is 39.7 Å². The van der Waals surface area contributed by atoms with E-state index >= 15 is 0 Å². The second-order valence-corrected chi connectivity index (χ2v) is 11.6. The summed E-state index contributed by atoms with van der Waals surface area (Å²) >= 11 is 0. The van der Waals surface area contributed by atoms with Gasteiger partial charge in [0.05, 0.1) is 23.4 Å². The summed E-state index contributed by atoms with van der Waals surface area (Å²) < 4.78 is 0. The van der Waals surface area contributed by atoms with Crippen LogP contribution in [-0.2, 0) is 16.0 Å².